The third kappa shape index (κ3) is 2.50. The lowest BCUT2D eigenvalue weighted by Crippen LogP contribution is -2.42. The number of rotatable bonds is 4. The van der Waals surface area contributed by atoms with Crippen LogP contribution in [0.4, 0.5) is 0 Å². The lowest BCUT2D eigenvalue weighted by atomic mass is 10.2. The van der Waals surface area contributed by atoms with Crippen molar-refractivity contribution in [3.05, 3.63) is 11.1 Å². The topological polar surface area (TPSA) is 73.3 Å². The van der Waals surface area contributed by atoms with Crippen LogP contribution in [0.2, 0.25) is 0 Å². The van der Waals surface area contributed by atoms with Gasteiger partial charge in [-0.3, -0.25) is 4.79 Å². The number of carbonyl (C=O) groups excluding carboxylic acids is 1. The van der Waals surface area contributed by atoms with Crippen LogP contribution in [0, 0.1) is 6.92 Å². The van der Waals surface area contributed by atoms with Gasteiger partial charge in [0.15, 0.2) is 4.75 Å². The first-order chi connectivity index (χ1) is 7.73. The molecule has 7 heteroatoms. The summed E-state index contributed by atoms with van der Waals surface area (Å²) in [6, 6.07) is 0. The third-order valence-electron chi connectivity index (χ3n) is 2.27. The van der Waals surface area contributed by atoms with E-state index in [9.17, 15) is 13.2 Å². The van der Waals surface area contributed by atoms with E-state index >= 15 is 0 Å². The van der Waals surface area contributed by atoms with E-state index in [1.54, 1.807) is 19.2 Å². The van der Waals surface area contributed by atoms with Gasteiger partial charge in [-0.2, -0.15) is 0 Å². The summed E-state index contributed by atoms with van der Waals surface area (Å²) >= 11 is 1.01. The number of hydrogen-bond donors (Lipinski definition) is 0. The molecule has 0 bridgehead atoms. The number of hydrogen-bond acceptors (Lipinski definition) is 6. The van der Waals surface area contributed by atoms with Crippen LogP contribution >= 0.6 is 11.3 Å². The Kier molecular flexibility index (Phi) is 3.93. The van der Waals surface area contributed by atoms with Gasteiger partial charge in [0.2, 0.25) is 14.2 Å². The molecule has 0 atom stereocenters. The molecule has 1 rings (SSSR count). The Hall–Kier alpha value is -0.950. The number of sulfone groups is 1. The van der Waals surface area contributed by atoms with Crippen molar-refractivity contribution in [1.82, 2.24) is 4.98 Å². The molecule has 0 aliphatic rings. The van der Waals surface area contributed by atoms with E-state index in [0.717, 1.165) is 11.3 Å². The first kappa shape index (κ1) is 14.1. The van der Waals surface area contributed by atoms with Gasteiger partial charge < -0.3 is 4.74 Å². The molecule has 0 aromatic carbocycles. The van der Waals surface area contributed by atoms with Crippen molar-refractivity contribution in [3.8, 4) is 0 Å². The van der Waals surface area contributed by atoms with Gasteiger partial charge in [0.25, 0.3) is 0 Å². The molecular formula is C10H15NO4S2. The molecule has 1 aromatic heterocycles. The Morgan fingerprint density at radius 3 is 2.53 bits per heavy atom. The second-order valence-corrected chi connectivity index (χ2v) is 7.52. The third-order valence-corrected chi connectivity index (χ3v) is 6.03. The van der Waals surface area contributed by atoms with Crippen molar-refractivity contribution in [3.63, 3.8) is 0 Å². The molecule has 0 unspecified atom stereocenters. The molecule has 0 amide bonds. The second-order valence-electron chi connectivity index (χ2n) is 3.99. The quantitative estimate of drug-likeness (QED) is 0.781. The lowest BCUT2D eigenvalue weighted by molar-refractivity contribution is -0.145. The zero-order chi connectivity index (χ0) is 13.3. The van der Waals surface area contributed by atoms with Crippen molar-refractivity contribution in [1.29, 1.82) is 0 Å². The molecule has 0 fully saturated rings. The Balaban J connectivity index is 3.18. The maximum atomic E-state index is 12.2. The van der Waals surface area contributed by atoms with Crippen LogP contribution in [0.1, 0.15) is 26.5 Å². The Bertz CT molecular complexity index is 516. The minimum Gasteiger partial charge on any atom is -0.465 e. The van der Waals surface area contributed by atoms with Crippen molar-refractivity contribution < 1.29 is 17.9 Å². The Morgan fingerprint density at radius 1 is 1.53 bits per heavy atom. The fraction of sp³-hybridized carbons (Fsp3) is 0.600. The highest BCUT2D eigenvalue weighted by Gasteiger charge is 2.45. The SMILES string of the molecule is CCOC(=O)C(C)(C)S(=O)(=O)c1nc(C)cs1. The van der Waals surface area contributed by atoms with Gasteiger partial charge >= 0.3 is 5.97 Å². The number of nitrogens with zero attached hydrogens (tertiary/aromatic N) is 1. The van der Waals surface area contributed by atoms with E-state index in [1.165, 1.54) is 13.8 Å². The summed E-state index contributed by atoms with van der Waals surface area (Å²) in [5, 5.41) is 1.63. The summed E-state index contributed by atoms with van der Waals surface area (Å²) in [7, 11) is -3.81. The van der Waals surface area contributed by atoms with E-state index in [0.29, 0.717) is 5.69 Å². The average molecular weight is 277 g/mol. The van der Waals surface area contributed by atoms with Crippen LogP contribution < -0.4 is 0 Å². The van der Waals surface area contributed by atoms with Gasteiger partial charge in [-0.15, -0.1) is 11.3 Å². The van der Waals surface area contributed by atoms with Gasteiger partial charge in [0.1, 0.15) is 0 Å². The number of thiazole rings is 1. The van der Waals surface area contributed by atoms with Crippen LogP contribution in [-0.4, -0.2) is 30.7 Å². The molecule has 17 heavy (non-hydrogen) atoms. The van der Waals surface area contributed by atoms with E-state index in [2.05, 4.69) is 4.98 Å². The highest BCUT2D eigenvalue weighted by molar-refractivity contribution is 7.95. The molecule has 0 N–H and O–H groups in total. The fourth-order valence-corrected chi connectivity index (χ4v) is 3.86. The van der Waals surface area contributed by atoms with Crippen LogP contribution in [0.3, 0.4) is 0 Å². The first-order valence-corrected chi connectivity index (χ1v) is 7.43. The standard InChI is InChI=1S/C10H15NO4S2/c1-5-15-8(12)10(3,4)17(13,14)9-11-7(2)6-16-9/h6H,5H2,1-4H3. The summed E-state index contributed by atoms with van der Waals surface area (Å²) in [6.45, 7) is 6.14. The maximum absolute atomic E-state index is 12.2. The molecule has 0 radical (unpaired) electrons. The minimum absolute atomic E-state index is 0.0481. The monoisotopic (exact) mass is 277 g/mol. The van der Waals surface area contributed by atoms with Gasteiger partial charge in [-0.1, -0.05) is 0 Å². The molecule has 0 saturated carbocycles. The molecule has 1 aromatic rings. The first-order valence-electron chi connectivity index (χ1n) is 5.07. The maximum Gasteiger partial charge on any atom is 0.327 e. The summed E-state index contributed by atoms with van der Waals surface area (Å²) in [6.07, 6.45) is 0. The van der Waals surface area contributed by atoms with E-state index in [-0.39, 0.29) is 10.9 Å². The number of carbonyl (C=O) groups is 1. The van der Waals surface area contributed by atoms with E-state index in [4.69, 9.17) is 4.74 Å². The zero-order valence-corrected chi connectivity index (χ0v) is 11.8. The van der Waals surface area contributed by atoms with Crippen molar-refractivity contribution in [2.45, 2.75) is 36.8 Å². The molecule has 5 nitrogen and oxygen atoms in total. The molecule has 0 aliphatic carbocycles. The van der Waals surface area contributed by atoms with Gasteiger partial charge in [-0.25, -0.2) is 13.4 Å². The van der Waals surface area contributed by atoms with Gasteiger partial charge in [0.05, 0.1) is 6.61 Å². The molecule has 0 aliphatic heterocycles. The summed E-state index contributed by atoms with van der Waals surface area (Å²) in [5.74, 6) is -0.757. The minimum atomic E-state index is -3.81. The predicted molar refractivity (Wildman–Crippen MR) is 64.7 cm³/mol. The average Bonchev–Trinajstić information content (AvgIpc) is 2.65. The van der Waals surface area contributed by atoms with Crippen LogP contribution in [0.15, 0.2) is 9.72 Å². The Morgan fingerprint density at radius 2 is 2.12 bits per heavy atom. The predicted octanol–water partition coefficient (Wildman–Crippen LogP) is 1.57. The van der Waals surface area contributed by atoms with Crippen molar-refractivity contribution in [2.24, 2.45) is 0 Å². The van der Waals surface area contributed by atoms with E-state index < -0.39 is 20.6 Å². The van der Waals surface area contributed by atoms with Crippen LogP contribution in [0.25, 0.3) is 0 Å². The van der Waals surface area contributed by atoms with Gasteiger partial charge in [0, 0.05) is 11.1 Å². The number of esters is 1. The van der Waals surface area contributed by atoms with Crippen LogP contribution in [-0.2, 0) is 19.4 Å². The fourth-order valence-electron chi connectivity index (χ4n) is 1.09. The molecule has 96 valence electrons. The zero-order valence-electron chi connectivity index (χ0n) is 10.2. The number of aryl methyl sites for hydroxylation is 1. The molecule has 0 spiro atoms. The summed E-state index contributed by atoms with van der Waals surface area (Å²) in [4.78, 5) is 15.6. The summed E-state index contributed by atoms with van der Waals surface area (Å²) in [5.41, 5.74) is 0.619. The largest absolute Gasteiger partial charge is 0.465 e. The van der Waals surface area contributed by atoms with Crippen molar-refractivity contribution >= 4 is 27.1 Å². The lowest BCUT2D eigenvalue weighted by Gasteiger charge is -2.20. The molecular weight excluding hydrogens is 262 g/mol. The molecule has 0 saturated heterocycles. The number of aromatic nitrogens is 1. The summed E-state index contributed by atoms with van der Waals surface area (Å²) < 4.78 is 27.6. The normalized spacial score (nSPS) is 12.5. The smallest absolute Gasteiger partial charge is 0.327 e. The second kappa shape index (κ2) is 4.73. The van der Waals surface area contributed by atoms with Crippen molar-refractivity contribution in [2.75, 3.05) is 6.61 Å². The van der Waals surface area contributed by atoms with Crippen LogP contribution in [0.5, 0.6) is 0 Å². The highest BCUT2D eigenvalue weighted by atomic mass is 32.2. The number of ether oxygens (including phenoxy) is 1. The Labute approximate surface area is 105 Å². The highest BCUT2D eigenvalue weighted by Crippen LogP contribution is 2.28. The van der Waals surface area contributed by atoms with Gasteiger partial charge in [-0.05, 0) is 27.7 Å². The molecule has 1 heterocycles. The van der Waals surface area contributed by atoms with E-state index in [1.807, 2.05) is 0 Å².